The first-order valence-corrected chi connectivity index (χ1v) is 7.83. The molecule has 0 unspecified atom stereocenters. The molecule has 7 heteroatoms. The molecule has 1 aromatic rings. The number of rotatable bonds is 5. The lowest BCUT2D eigenvalue weighted by molar-refractivity contribution is -0.128. The molecule has 0 aliphatic rings. The lowest BCUT2D eigenvalue weighted by atomic mass is 10.2. The second kappa shape index (κ2) is 7.78. The first-order chi connectivity index (χ1) is 9.92. The summed E-state index contributed by atoms with van der Waals surface area (Å²) in [6.45, 7) is 1.63. The van der Waals surface area contributed by atoms with E-state index in [1.165, 1.54) is 17.0 Å². The Balaban J connectivity index is 2.96. The molecule has 0 radical (unpaired) electrons. The summed E-state index contributed by atoms with van der Waals surface area (Å²) in [7, 11) is -2.25. The molecule has 1 rings (SSSR count). The maximum Gasteiger partial charge on any atom is 0.242 e. The average molecular weight is 310 g/mol. The van der Waals surface area contributed by atoms with E-state index >= 15 is 0 Å². The molecule has 0 aliphatic carbocycles. The highest BCUT2D eigenvalue weighted by Crippen LogP contribution is 2.13. The van der Waals surface area contributed by atoms with E-state index in [1.54, 1.807) is 26.1 Å². The van der Waals surface area contributed by atoms with Gasteiger partial charge in [-0.25, -0.2) is 13.1 Å². The van der Waals surface area contributed by atoms with Crippen molar-refractivity contribution in [3.05, 3.63) is 29.8 Å². The highest BCUT2D eigenvalue weighted by molar-refractivity contribution is 7.89. The molecule has 0 aromatic heterocycles. The van der Waals surface area contributed by atoms with Crippen molar-refractivity contribution in [3.63, 3.8) is 0 Å². The SMILES string of the molecule is CCN(C)C(=O)CNS(=O)(=O)c1ccccc1C#CCO. The third-order valence-electron chi connectivity index (χ3n) is 2.79. The minimum absolute atomic E-state index is 0.0158. The van der Waals surface area contributed by atoms with Crippen LogP contribution in [-0.2, 0) is 14.8 Å². The topological polar surface area (TPSA) is 86.7 Å². The van der Waals surface area contributed by atoms with Gasteiger partial charge in [0.05, 0.1) is 11.4 Å². The van der Waals surface area contributed by atoms with Gasteiger partial charge in [-0.2, -0.15) is 0 Å². The number of nitrogens with zero attached hydrogens (tertiary/aromatic N) is 1. The summed E-state index contributed by atoms with van der Waals surface area (Å²) in [6, 6.07) is 6.16. The number of likely N-dealkylation sites (N-methyl/N-ethyl adjacent to an activating group) is 1. The van der Waals surface area contributed by atoms with Crippen LogP contribution >= 0.6 is 0 Å². The zero-order valence-corrected chi connectivity index (χ0v) is 12.8. The van der Waals surface area contributed by atoms with Crippen molar-refractivity contribution in [1.29, 1.82) is 0 Å². The number of carbonyl (C=O) groups excluding carboxylic acids is 1. The summed E-state index contributed by atoms with van der Waals surface area (Å²) in [5.74, 6) is 4.66. The van der Waals surface area contributed by atoms with Gasteiger partial charge in [0.1, 0.15) is 6.61 Å². The van der Waals surface area contributed by atoms with Crippen molar-refractivity contribution in [2.75, 3.05) is 26.7 Å². The molecule has 0 saturated carbocycles. The molecule has 114 valence electrons. The summed E-state index contributed by atoms with van der Waals surface area (Å²) in [5.41, 5.74) is 0.273. The monoisotopic (exact) mass is 310 g/mol. The minimum atomic E-state index is -3.84. The summed E-state index contributed by atoms with van der Waals surface area (Å²) in [6.07, 6.45) is 0. The van der Waals surface area contributed by atoms with Crippen molar-refractivity contribution < 1.29 is 18.3 Å². The molecule has 21 heavy (non-hydrogen) atoms. The van der Waals surface area contributed by atoms with Crippen molar-refractivity contribution in [2.24, 2.45) is 0 Å². The van der Waals surface area contributed by atoms with E-state index in [9.17, 15) is 13.2 Å². The van der Waals surface area contributed by atoms with Crippen molar-refractivity contribution in [2.45, 2.75) is 11.8 Å². The number of nitrogens with one attached hydrogen (secondary N) is 1. The Kier molecular flexibility index (Phi) is 6.37. The Morgan fingerprint density at radius 3 is 2.67 bits per heavy atom. The van der Waals surface area contributed by atoms with Gasteiger partial charge in [0.25, 0.3) is 0 Å². The number of aliphatic hydroxyl groups is 1. The van der Waals surface area contributed by atoms with Crippen LogP contribution in [0.25, 0.3) is 0 Å². The molecule has 2 N–H and O–H groups in total. The van der Waals surface area contributed by atoms with Crippen LogP contribution in [0.3, 0.4) is 0 Å². The van der Waals surface area contributed by atoms with E-state index in [2.05, 4.69) is 16.6 Å². The third kappa shape index (κ3) is 4.86. The minimum Gasteiger partial charge on any atom is -0.384 e. The molecule has 0 bridgehead atoms. The van der Waals surface area contributed by atoms with Gasteiger partial charge in [-0.05, 0) is 19.1 Å². The van der Waals surface area contributed by atoms with E-state index in [0.29, 0.717) is 6.54 Å². The molecule has 0 saturated heterocycles. The number of carbonyl (C=O) groups is 1. The van der Waals surface area contributed by atoms with E-state index in [1.807, 2.05) is 0 Å². The quantitative estimate of drug-likeness (QED) is 0.737. The molecular formula is C14H18N2O4S. The molecule has 0 atom stereocenters. The number of amides is 1. The fourth-order valence-corrected chi connectivity index (χ4v) is 2.62. The van der Waals surface area contributed by atoms with E-state index in [0.717, 1.165) is 0 Å². The standard InChI is InChI=1S/C14H18N2O4S/c1-3-16(2)14(18)11-15-21(19,20)13-9-5-4-7-12(13)8-6-10-17/h4-5,7,9,15,17H,3,10-11H2,1-2H3. The van der Waals surface area contributed by atoms with Crippen LogP contribution in [0, 0.1) is 11.8 Å². The molecule has 0 aliphatic heterocycles. The fraction of sp³-hybridized carbons (Fsp3) is 0.357. The largest absolute Gasteiger partial charge is 0.384 e. The summed E-state index contributed by atoms with van der Waals surface area (Å²) in [4.78, 5) is 13.0. The normalized spacial score (nSPS) is 10.6. The zero-order valence-electron chi connectivity index (χ0n) is 12.0. The van der Waals surface area contributed by atoms with Crippen LogP contribution in [0.4, 0.5) is 0 Å². The average Bonchev–Trinajstić information content (AvgIpc) is 2.50. The Bertz CT molecular complexity index is 659. The molecule has 1 aromatic carbocycles. The van der Waals surface area contributed by atoms with Crippen LogP contribution in [0.2, 0.25) is 0 Å². The second-order valence-electron chi connectivity index (χ2n) is 4.19. The van der Waals surface area contributed by atoms with Crippen LogP contribution < -0.4 is 4.72 Å². The molecule has 6 nitrogen and oxygen atoms in total. The van der Waals surface area contributed by atoms with Gasteiger partial charge in [0.15, 0.2) is 0 Å². The predicted molar refractivity (Wildman–Crippen MR) is 78.9 cm³/mol. The smallest absolute Gasteiger partial charge is 0.242 e. The van der Waals surface area contributed by atoms with Gasteiger partial charge in [-0.1, -0.05) is 24.0 Å². The summed E-state index contributed by atoms with van der Waals surface area (Å²) >= 11 is 0. The zero-order chi connectivity index (χ0) is 15.9. The van der Waals surface area contributed by atoms with E-state index in [4.69, 9.17) is 5.11 Å². The van der Waals surface area contributed by atoms with Gasteiger partial charge < -0.3 is 10.0 Å². The van der Waals surface area contributed by atoms with Crippen LogP contribution in [-0.4, -0.2) is 51.1 Å². The van der Waals surface area contributed by atoms with Crippen molar-refractivity contribution in [1.82, 2.24) is 9.62 Å². The van der Waals surface area contributed by atoms with Gasteiger partial charge in [0, 0.05) is 19.2 Å². The van der Waals surface area contributed by atoms with E-state index in [-0.39, 0.29) is 29.5 Å². The lowest BCUT2D eigenvalue weighted by Gasteiger charge is -2.15. The van der Waals surface area contributed by atoms with Crippen molar-refractivity contribution in [3.8, 4) is 11.8 Å². The number of sulfonamides is 1. The number of hydrogen-bond donors (Lipinski definition) is 2. The predicted octanol–water partition coefficient (Wildman–Crippen LogP) is -0.213. The van der Waals surface area contributed by atoms with E-state index < -0.39 is 10.0 Å². The molecule has 0 heterocycles. The van der Waals surface area contributed by atoms with Crippen LogP contribution in [0.5, 0.6) is 0 Å². The van der Waals surface area contributed by atoms with Gasteiger partial charge in [-0.3, -0.25) is 4.79 Å². The Hall–Kier alpha value is -1.88. The number of benzene rings is 1. The summed E-state index contributed by atoms with van der Waals surface area (Å²) < 4.78 is 26.7. The molecule has 0 fully saturated rings. The van der Waals surface area contributed by atoms with Crippen LogP contribution in [0.1, 0.15) is 12.5 Å². The fourth-order valence-electron chi connectivity index (χ4n) is 1.48. The Labute approximate surface area is 124 Å². The lowest BCUT2D eigenvalue weighted by Crippen LogP contribution is -2.38. The molecule has 0 spiro atoms. The summed E-state index contributed by atoms with van der Waals surface area (Å²) in [5, 5.41) is 8.70. The van der Waals surface area contributed by atoms with Crippen LogP contribution in [0.15, 0.2) is 29.2 Å². The third-order valence-corrected chi connectivity index (χ3v) is 4.25. The highest BCUT2D eigenvalue weighted by atomic mass is 32.2. The second-order valence-corrected chi connectivity index (χ2v) is 5.92. The van der Waals surface area contributed by atoms with Gasteiger partial charge >= 0.3 is 0 Å². The Morgan fingerprint density at radius 1 is 1.38 bits per heavy atom. The highest BCUT2D eigenvalue weighted by Gasteiger charge is 2.19. The van der Waals surface area contributed by atoms with Gasteiger partial charge in [-0.15, -0.1) is 0 Å². The molecular weight excluding hydrogens is 292 g/mol. The number of aliphatic hydroxyl groups excluding tert-OH is 1. The first-order valence-electron chi connectivity index (χ1n) is 6.34. The van der Waals surface area contributed by atoms with Crippen molar-refractivity contribution >= 4 is 15.9 Å². The van der Waals surface area contributed by atoms with Gasteiger partial charge in [0.2, 0.25) is 15.9 Å². The number of hydrogen-bond acceptors (Lipinski definition) is 4. The first kappa shape index (κ1) is 17.2. The maximum atomic E-state index is 12.2. The maximum absolute atomic E-state index is 12.2. The molecule has 1 amide bonds. The Morgan fingerprint density at radius 2 is 2.05 bits per heavy atom.